The summed E-state index contributed by atoms with van der Waals surface area (Å²) in [6, 6.07) is 0. The fraction of sp³-hybridized carbons (Fsp3) is 0.667. The first-order valence-corrected chi connectivity index (χ1v) is 8.65. The zero-order chi connectivity index (χ0) is 20.9. The molecule has 0 aromatic carbocycles. The molecule has 4 atom stereocenters. The number of nitrogens with one attached hydrogen (secondary N) is 2. The quantitative estimate of drug-likeness (QED) is 0.602. The Hall–Kier alpha value is -1.80. The summed E-state index contributed by atoms with van der Waals surface area (Å²) < 4.78 is 55.5. The van der Waals surface area contributed by atoms with Gasteiger partial charge in [0.1, 0.15) is 18.3 Å². The molecule has 9 nitrogen and oxygen atoms in total. The molecule has 3 N–H and O–H groups in total. The Bertz CT molecular complexity index is 883. The minimum absolute atomic E-state index is 0.0634. The lowest BCUT2D eigenvalue weighted by Gasteiger charge is -2.25. The average Bonchev–Trinajstić information content (AvgIpc) is 3.06. The molecule has 13 heteroatoms. The van der Waals surface area contributed by atoms with E-state index in [1.54, 1.807) is 19.2 Å². The number of alkyl halides is 3. The lowest BCUT2D eigenvalue weighted by Crippen LogP contribution is -2.38. The van der Waals surface area contributed by atoms with Crippen LogP contribution in [0.3, 0.4) is 0 Å². The zero-order valence-electron chi connectivity index (χ0n) is 14.8. The first kappa shape index (κ1) is 20.9. The van der Waals surface area contributed by atoms with E-state index < -0.39 is 54.5 Å². The molecular formula is C15H18F3N3O6S. The number of carbonyl (C=O) groups excluding carboxylic acids is 1. The van der Waals surface area contributed by atoms with Crippen molar-refractivity contribution in [3.05, 3.63) is 26.9 Å². The smallest absolute Gasteiger partial charge is 0.394 e. The first-order valence-electron chi connectivity index (χ1n) is 8.24. The Morgan fingerprint density at radius 3 is 2.64 bits per heavy atom. The van der Waals surface area contributed by atoms with Gasteiger partial charge >= 0.3 is 12.1 Å². The van der Waals surface area contributed by atoms with Gasteiger partial charge in [-0.05, 0) is 26.1 Å². The van der Waals surface area contributed by atoms with Gasteiger partial charge in [-0.3, -0.25) is 19.1 Å². The Morgan fingerprint density at radius 2 is 2.04 bits per heavy atom. The summed E-state index contributed by atoms with van der Waals surface area (Å²) in [4.78, 5) is 25.3. The maximum absolute atomic E-state index is 12.3. The van der Waals surface area contributed by atoms with Gasteiger partial charge in [0.05, 0.1) is 12.2 Å². The average molecular weight is 425 g/mol. The van der Waals surface area contributed by atoms with Crippen LogP contribution < -0.4 is 10.9 Å². The van der Waals surface area contributed by atoms with Crippen LogP contribution in [-0.4, -0.2) is 57.4 Å². The fourth-order valence-electron chi connectivity index (χ4n) is 3.15. The highest BCUT2D eigenvalue weighted by atomic mass is 32.1. The van der Waals surface area contributed by atoms with Gasteiger partial charge in [0.15, 0.2) is 16.8 Å². The maximum Gasteiger partial charge on any atom is 0.471 e. The summed E-state index contributed by atoms with van der Waals surface area (Å²) in [6.45, 7) is 2.33. The zero-order valence-corrected chi connectivity index (χ0v) is 15.6. The molecule has 3 rings (SSSR count). The van der Waals surface area contributed by atoms with E-state index in [4.69, 9.17) is 26.4 Å². The van der Waals surface area contributed by atoms with Gasteiger partial charge in [-0.25, -0.2) is 0 Å². The first-order chi connectivity index (χ1) is 12.9. The minimum Gasteiger partial charge on any atom is -0.394 e. The third-order valence-electron chi connectivity index (χ3n) is 4.32. The van der Waals surface area contributed by atoms with Crippen molar-refractivity contribution in [1.82, 2.24) is 14.9 Å². The van der Waals surface area contributed by atoms with E-state index in [2.05, 4.69) is 4.98 Å². The summed E-state index contributed by atoms with van der Waals surface area (Å²) in [5.74, 6) is -3.12. The molecular weight excluding hydrogens is 407 g/mol. The second-order valence-corrected chi connectivity index (χ2v) is 7.20. The van der Waals surface area contributed by atoms with Crippen molar-refractivity contribution in [2.45, 2.75) is 56.9 Å². The number of ether oxygens (including phenoxy) is 3. The molecule has 0 bridgehead atoms. The number of H-pyrrole nitrogens is 1. The molecule has 2 fully saturated rings. The highest BCUT2D eigenvalue weighted by Crippen LogP contribution is 2.42. The molecule has 0 radical (unpaired) electrons. The number of aliphatic hydroxyl groups is 1. The molecule has 1 aromatic rings. The van der Waals surface area contributed by atoms with Crippen LogP contribution in [0.4, 0.5) is 13.2 Å². The monoisotopic (exact) mass is 425 g/mol. The number of carbonyl (C=O) groups is 1. The van der Waals surface area contributed by atoms with Crippen molar-refractivity contribution < 1.29 is 37.3 Å². The Kier molecular flexibility index (Phi) is 5.40. The number of halogens is 3. The number of rotatable bonds is 4. The lowest BCUT2D eigenvalue weighted by molar-refractivity contribution is -0.200. The summed E-state index contributed by atoms with van der Waals surface area (Å²) in [6.07, 6.45) is -6.79. The van der Waals surface area contributed by atoms with Gasteiger partial charge in [-0.15, -0.1) is 0 Å². The summed E-state index contributed by atoms with van der Waals surface area (Å²) in [5.41, 5.74) is -0.919. The van der Waals surface area contributed by atoms with E-state index in [0.29, 0.717) is 0 Å². The van der Waals surface area contributed by atoms with Crippen LogP contribution in [0.5, 0.6) is 0 Å². The molecule has 2 aliphatic rings. The molecule has 2 saturated heterocycles. The van der Waals surface area contributed by atoms with Crippen molar-refractivity contribution >= 4 is 18.1 Å². The van der Waals surface area contributed by atoms with E-state index >= 15 is 0 Å². The minimum atomic E-state index is -5.07. The van der Waals surface area contributed by atoms with E-state index in [9.17, 15) is 27.9 Å². The summed E-state index contributed by atoms with van der Waals surface area (Å²) >= 11 is 5.12. The normalized spacial score (nSPS) is 28.9. The molecule has 0 spiro atoms. The van der Waals surface area contributed by atoms with Crippen molar-refractivity contribution in [2.24, 2.45) is 0 Å². The number of nitrogens with zero attached hydrogens (tertiary/aromatic N) is 1. The van der Waals surface area contributed by atoms with Gasteiger partial charge in [-0.1, -0.05) is 0 Å². The predicted molar refractivity (Wildman–Crippen MR) is 88.6 cm³/mol. The number of fused-ring (bicyclic) bond motifs is 1. The van der Waals surface area contributed by atoms with Crippen LogP contribution in [-0.2, 0) is 25.5 Å². The number of amides is 1. The van der Waals surface area contributed by atoms with Crippen molar-refractivity contribution in [1.29, 1.82) is 0 Å². The largest absolute Gasteiger partial charge is 0.471 e. The number of aliphatic hydroxyl groups excluding tert-OH is 1. The van der Waals surface area contributed by atoms with Crippen molar-refractivity contribution in [3.63, 3.8) is 0 Å². The third kappa shape index (κ3) is 3.98. The molecule has 1 aromatic heterocycles. The Morgan fingerprint density at radius 1 is 1.39 bits per heavy atom. The van der Waals surface area contributed by atoms with Gasteiger partial charge in [0, 0.05) is 12.7 Å². The number of hydrogen-bond donors (Lipinski definition) is 3. The number of aromatic amines is 1. The van der Waals surface area contributed by atoms with Crippen LogP contribution in [0.25, 0.3) is 0 Å². The van der Waals surface area contributed by atoms with Crippen LogP contribution in [0.15, 0.2) is 11.0 Å². The molecule has 0 aliphatic carbocycles. The van der Waals surface area contributed by atoms with Crippen LogP contribution in [0.1, 0.15) is 25.6 Å². The van der Waals surface area contributed by atoms with Crippen molar-refractivity contribution in [3.8, 4) is 0 Å². The van der Waals surface area contributed by atoms with E-state index in [1.807, 2.05) is 0 Å². The van der Waals surface area contributed by atoms with Gasteiger partial charge < -0.3 is 24.6 Å². The predicted octanol–water partition coefficient (Wildman–Crippen LogP) is 0.494. The van der Waals surface area contributed by atoms with E-state index in [1.165, 1.54) is 10.8 Å². The molecule has 28 heavy (non-hydrogen) atoms. The molecule has 2 aliphatic heterocycles. The molecule has 156 valence electrons. The van der Waals surface area contributed by atoms with E-state index in [0.717, 1.165) is 0 Å². The van der Waals surface area contributed by atoms with Crippen molar-refractivity contribution in [2.75, 3.05) is 6.61 Å². The molecule has 1 unspecified atom stereocenters. The van der Waals surface area contributed by atoms with Crippen LogP contribution in [0.2, 0.25) is 0 Å². The second kappa shape index (κ2) is 7.22. The van der Waals surface area contributed by atoms with E-state index in [-0.39, 0.29) is 16.9 Å². The highest BCUT2D eigenvalue weighted by molar-refractivity contribution is 7.71. The third-order valence-corrected chi connectivity index (χ3v) is 4.63. The lowest BCUT2D eigenvalue weighted by atomic mass is 10.1. The number of hydrogen-bond acceptors (Lipinski definition) is 7. The SMILES string of the molecule is CC1(C)OC2[C@@H](O1)[C@@H](CO)O[C@H]2n1cc(CNC(=O)C(F)(F)F)c(=O)[nH]c1=S. The Balaban J connectivity index is 1.89. The highest BCUT2D eigenvalue weighted by Gasteiger charge is 2.55. The van der Waals surface area contributed by atoms with Gasteiger partial charge in [0.25, 0.3) is 5.56 Å². The molecule has 0 saturated carbocycles. The van der Waals surface area contributed by atoms with Gasteiger partial charge in [-0.2, -0.15) is 13.2 Å². The molecule has 3 heterocycles. The summed E-state index contributed by atoms with van der Waals surface area (Å²) in [5, 5.41) is 11.2. The van der Waals surface area contributed by atoms with Gasteiger partial charge in [0.2, 0.25) is 0 Å². The second-order valence-electron chi connectivity index (χ2n) is 6.81. The molecule has 1 amide bonds. The Labute approximate surface area is 161 Å². The topological polar surface area (TPSA) is 115 Å². The van der Waals surface area contributed by atoms with Crippen LogP contribution >= 0.6 is 12.2 Å². The maximum atomic E-state index is 12.3. The van der Waals surface area contributed by atoms with Crippen LogP contribution in [0, 0.1) is 4.77 Å². The standard InChI is InChI=1S/C15H18F3N3O6S/c1-14(2)26-8-7(5-22)25-11(9(8)27-14)21-4-6(10(23)20-13(21)28)3-19-12(24)15(16,17)18/h4,7-9,11,22H,3,5H2,1-2H3,(H,19,24)(H,20,23,28)/t7-,8+,9?,11-/m1/s1. The summed E-state index contributed by atoms with van der Waals surface area (Å²) in [7, 11) is 0. The number of aromatic nitrogens is 2. The fourth-order valence-corrected chi connectivity index (χ4v) is 3.40.